The molecule has 2 rings (SSSR count). The second kappa shape index (κ2) is 6.70. The predicted molar refractivity (Wildman–Crippen MR) is 71.9 cm³/mol. The van der Waals surface area contributed by atoms with Crippen LogP contribution in [0, 0.1) is 0 Å². The summed E-state index contributed by atoms with van der Waals surface area (Å²) in [5.41, 5.74) is 1.90. The molecule has 0 atom stereocenters. The molecule has 0 aliphatic rings. The topological polar surface area (TPSA) is 56.1 Å². The van der Waals surface area contributed by atoms with Crippen LogP contribution in [-0.4, -0.2) is 28.9 Å². The standard InChI is InChI=1S/C14H17N3O2/c1-2-19-14(18)11-15-10-12-8-9-17(16-12)13-6-4-3-5-7-13/h3-9,15H,2,10-11H2,1H3. The van der Waals surface area contributed by atoms with E-state index in [1.807, 2.05) is 42.6 Å². The molecule has 0 aliphatic carbocycles. The molecule has 0 saturated heterocycles. The summed E-state index contributed by atoms with van der Waals surface area (Å²) in [5.74, 6) is -0.245. The van der Waals surface area contributed by atoms with Crippen molar-refractivity contribution in [2.75, 3.05) is 13.2 Å². The molecule has 1 aromatic heterocycles. The largest absolute Gasteiger partial charge is 0.465 e. The third-order valence-corrected chi connectivity index (χ3v) is 2.55. The highest BCUT2D eigenvalue weighted by molar-refractivity contribution is 5.71. The average molecular weight is 259 g/mol. The Kier molecular flexibility index (Phi) is 4.69. The molecule has 5 heteroatoms. The van der Waals surface area contributed by atoms with Crippen LogP contribution in [0.2, 0.25) is 0 Å². The number of nitrogens with zero attached hydrogens (tertiary/aromatic N) is 2. The highest BCUT2D eigenvalue weighted by Gasteiger charge is 2.03. The SMILES string of the molecule is CCOC(=O)CNCc1ccn(-c2ccccc2)n1. The third-order valence-electron chi connectivity index (χ3n) is 2.55. The van der Waals surface area contributed by atoms with E-state index >= 15 is 0 Å². The maximum atomic E-state index is 11.1. The minimum Gasteiger partial charge on any atom is -0.465 e. The average Bonchev–Trinajstić information content (AvgIpc) is 2.89. The Balaban J connectivity index is 1.86. The van der Waals surface area contributed by atoms with Gasteiger partial charge >= 0.3 is 5.97 Å². The van der Waals surface area contributed by atoms with E-state index < -0.39 is 0 Å². The summed E-state index contributed by atoms with van der Waals surface area (Å²) in [6.07, 6.45) is 1.90. The van der Waals surface area contributed by atoms with Crippen molar-refractivity contribution >= 4 is 5.97 Å². The van der Waals surface area contributed by atoms with Crippen LogP contribution >= 0.6 is 0 Å². The van der Waals surface area contributed by atoms with Gasteiger partial charge in [-0.3, -0.25) is 4.79 Å². The second-order valence-electron chi connectivity index (χ2n) is 4.00. The van der Waals surface area contributed by atoms with Crippen molar-refractivity contribution in [1.82, 2.24) is 15.1 Å². The van der Waals surface area contributed by atoms with Crippen LogP contribution in [-0.2, 0) is 16.1 Å². The van der Waals surface area contributed by atoms with E-state index in [-0.39, 0.29) is 12.5 Å². The van der Waals surface area contributed by atoms with Gasteiger partial charge in [-0.2, -0.15) is 5.10 Å². The van der Waals surface area contributed by atoms with Crippen LogP contribution in [0.5, 0.6) is 0 Å². The number of ether oxygens (including phenoxy) is 1. The molecule has 0 aliphatic heterocycles. The lowest BCUT2D eigenvalue weighted by atomic mass is 10.3. The van der Waals surface area contributed by atoms with E-state index in [1.54, 1.807) is 11.6 Å². The molecule has 0 unspecified atom stereocenters. The Morgan fingerprint density at radius 3 is 2.84 bits per heavy atom. The number of carbonyl (C=O) groups excluding carboxylic acids is 1. The van der Waals surface area contributed by atoms with Crippen LogP contribution < -0.4 is 5.32 Å². The van der Waals surface area contributed by atoms with Gasteiger partial charge in [-0.25, -0.2) is 4.68 Å². The van der Waals surface area contributed by atoms with E-state index in [0.29, 0.717) is 13.2 Å². The maximum absolute atomic E-state index is 11.1. The number of benzene rings is 1. The lowest BCUT2D eigenvalue weighted by molar-refractivity contribution is -0.142. The number of carbonyl (C=O) groups is 1. The lowest BCUT2D eigenvalue weighted by Crippen LogP contribution is -2.24. The zero-order valence-corrected chi connectivity index (χ0v) is 10.9. The van der Waals surface area contributed by atoms with E-state index in [9.17, 15) is 4.79 Å². The number of para-hydroxylation sites is 1. The van der Waals surface area contributed by atoms with Gasteiger partial charge in [0.1, 0.15) is 0 Å². The number of esters is 1. The van der Waals surface area contributed by atoms with Crippen molar-refractivity contribution in [3.63, 3.8) is 0 Å². The molecule has 0 fully saturated rings. The Hall–Kier alpha value is -2.14. The fraction of sp³-hybridized carbons (Fsp3) is 0.286. The Bertz CT molecular complexity index is 522. The highest BCUT2D eigenvalue weighted by Crippen LogP contribution is 2.06. The molecule has 0 amide bonds. The number of aromatic nitrogens is 2. The number of hydrogen-bond donors (Lipinski definition) is 1. The summed E-state index contributed by atoms with van der Waals surface area (Å²) < 4.78 is 6.63. The van der Waals surface area contributed by atoms with Gasteiger partial charge in [0.05, 0.1) is 24.5 Å². The van der Waals surface area contributed by atoms with Crippen molar-refractivity contribution in [1.29, 1.82) is 0 Å². The van der Waals surface area contributed by atoms with Gasteiger partial charge in [-0.1, -0.05) is 18.2 Å². The summed E-state index contributed by atoms with van der Waals surface area (Å²) >= 11 is 0. The molecule has 100 valence electrons. The molecular formula is C14H17N3O2. The third kappa shape index (κ3) is 3.93. The maximum Gasteiger partial charge on any atom is 0.319 e. The fourth-order valence-corrected chi connectivity index (χ4v) is 1.69. The van der Waals surface area contributed by atoms with Crippen LogP contribution in [0.4, 0.5) is 0 Å². The molecule has 0 bridgehead atoms. The second-order valence-corrected chi connectivity index (χ2v) is 4.00. The molecule has 19 heavy (non-hydrogen) atoms. The first-order valence-electron chi connectivity index (χ1n) is 6.26. The van der Waals surface area contributed by atoms with Crippen LogP contribution in [0.15, 0.2) is 42.6 Å². The van der Waals surface area contributed by atoms with Crippen LogP contribution in [0.3, 0.4) is 0 Å². The first-order valence-corrected chi connectivity index (χ1v) is 6.26. The van der Waals surface area contributed by atoms with E-state index in [1.165, 1.54) is 0 Å². The summed E-state index contributed by atoms with van der Waals surface area (Å²) in [7, 11) is 0. The minimum atomic E-state index is -0.245. The van der Waals surface area contributed by atoms with Gasteiger partial charge in [0.2, 0.25) is 0 Å². The van der Waals surface area contributed by atoms with E-state index in [0.717, 1.165) is 11.4 Å². The molecule has 2 aromatic rings. The van der Waals surface area contributed by atoms with Crippen molar-refractivity contribution < 1.29 is 9.53 Å². The fourth-order valence-electron chi connectivity index (χ4n) is 1.69. The summed E-state index contributed by atoms with van der Waals surface area (Å²) in [4.78, 5) is 11.1. The van der Waals surface area contributed by atoms with Crippen molar-refractivity contribution in [3.8, 4) is 5.69 Å². The molecule has 0 saturated carbocycles. The first-order chi connectivity index (χ1) is 9.29. The number of rotatable bonds is 6. The number of hydrogen-bond acceptors (Lipinski definition) is 4. The predicted octanol–water partition coefficient (Wildman–Crippen LogP) is 1.52. The van der Waals surface area contributed by atoms with Crippen LogP contribution in [0.1, 0.15) is 12.6 Å². The van der Waals surface area contributed by atoms with Crippen LogP contribution in [0.25, 0.3) is 5.69 Å². The van der Waals surface area contributed by atoms with Crippen molar-refractivity contribution in [3.05, 3.63) is 48.3 Å². The minimum absolute atomic E-state index is 0.200. The Morgan fingerprint density at radius 2 is 2.11 bits per heavy atom. The Morgan fingerprint density at radius 1 is 1.32 bits per heavy atom. The molecule has 0 radical (unpaired) electrons. The summed E-state index contributed by atoms with van der Waals surface area (Å²) in [6, 6.07) is 11.8. The first kappa shape index (κ1) is 13.3. The zero-order chi connectivity index (χ0) is 13.5. The molecule has 1 heterocycles. The van der Waals surface area contributed by atoms with Gasteiger partial charge in [0, 0.05) is 12.7 Å². The molecule has 0 spiro atoms. The highest BCUT2D eigenvalue weighted by atomic mass is 16.5. The molecule has 1 aromatic carbocycles. The van der Waals surface area contributed by atoms with Gasteiger partial charge in [-0.15, -0.1) is 0 Å². The normalized spacial score (nSPS) is 10.4. The van der Waals surface area contributed by atoms with Gasteiger partial charge in [0.25, 0.3) is 0 Å². The van der Waals surface area contributed by atoms with Gasteiger partial charge < -0.3 is 10.1 Å². The van der Waals surface area contributed by atoms with E-state index in [4.69, 9.17) is 4.74 Å². The Labute approximate surface area is 112 Å². The quantitative estimate of drug-likeness (QED) is 0.799. The smallest absolute Gasteiger partial charge is 0.319 e. The number of nitrogens with one attached hydrogen (secondary N) is 1. The molecule has 1 N–H and O–H groups in total. The lowest BCUT2D eigenvalue weighted by Gasteiger charge is -2.03. The zero-order valence-electron chi connectivity index (χ0n) is 10.9. The van der Waals surface area contributed by atoms with Crippen molar-refractivity contribution in [2.45, 2.75) is 13.5 Å². The van der Waals surface area contributed by atoms with Gasteiger partial charge in [-0.05, 0) is 25.1 Å². The summed E-state index contributed by atoms with van der Waals surface area (Å²) in [5, 5.41) is 7.43. The monoisotopic (exact) mass is 259 g/mol. The van der Waals surface area contributed by atoms with Gasteiger partial charge in [0.15, 0.2) is 0 Å². The van der Waals surface area contributed by atoms with E-state index in [2.05, 4.69) is 10.4 Å². The molecular weight excluding hydrogens is 242 g/mol. The molecule has 5 nitrogen and oxygen atoms in total. The summed E-state index contributed by atoms with van der Waals surface area (Å²) in [6.45, 7) is 2.94. The van der Waals surface area contributed by atoms with Crippen molar-refractivity contribution in [2.24, 2.45) is 0 Å².